The molecule has 0 amide bonds. The summed E-state index contributed by atoms with van der Waals surface area (Å²) in [4.78, 5) is 0. The van der Waals surface area contributed by atoms with Crippen LogP contribution in [0.5, 0.6) is 0 Å². The van der Waals surface area contributed by atoms with E-state index in [0.29, 0.717) is 5.41 Å². The van der Waals surface area contributed by atoms with Crippen molar-refractivity contribution in [2.24, 2.45) is 34.5 Å². The van der Waals surface area contributed by atoms with Crippen molar-refractivity contribution in [3.05, 3.63) is 0 Å². The zero-order valence-electron chi connectivity index (χ0n) is 14.2. The van der Waals surface area contributed by atoms with E-state index in [4.69, 9.17) is 9.47 Å². The second-order valence-corrected chi connectivity index (χ2v) is 9.19. The molecule has 2 N–H and O–H groups in total. The fraction of sp³-hybridized carbons (Fsp3) is 1.00. The van der Waals surface area contributed by atoms with Gasteiger partial charge in [0.1, 0.15) is 6.61 Å². The number of aliphatic hydroxyl groups is 2. The molecule has 0 saturated heterocycles. The standard InChI is InChI=1S/C18H30O4/c1-10(2)15(20)21-9-13(19)22-16(3,4)18-6-11-5-17(14(11)18)7-12(17)8-18/h10-15,19-20H,5-9H2,1-4H3. The maximum absolute atomic E-state index is 10.2. The summed E-state index contributed by atoms with van der Waals surface area (Å²) in [6.07, 6.45) is 3.63. The SMILES string of the molecule is CC(C)C(O)OCC(O)OC(C)(C)C12CC3CC4(CC4C1)C32. The topological polar surface area (TPSA) is 58.9 Å². The summed E-state index contributed by atoms with van der Waals surface area (Å²) in [7, 11) is 0. The van der Waals surface area contributed by atoms with Crippen molar-refractivity contribution in [1.82, 2.24) is 0 Å². The first kappa shape index (κ1) is 15.4. The lowest BCUT2D eigenvalue weighted by atomic mass is 9.38. The Morgan fingerprint density at radius 1 is 1.14 bits per heavy atom. The van der Waals surface area contributed by atoms with E-state index >= 15 is 0 Å². The van der Waals surface area contributed by atoms with Crippen LogP contribution in [0.1, 0.15) is 53.4 Å². The minimum atomic E-state index is -0.968. The summed E-state index contributed by atoms with van der Waals surface area (Å²) >= 11 is 0. The first-order valence-corrected chi connectivity index (χ1v) is 8.87. The normalized spacial score (nSPS) is 47.3. The number of hydrogen-bond donors (Lipinski definition) is 2. The van der Waals surface area contributed by atoms with Crippen LogP contribution in [0, 0.1) is 34.5 Å². The summed E-state index contributed by atoms with van der Waals surface area (Å²) in [5.41, 5.74) is 0.635. The molecule has 4 saturated carbocycles. The zero-order chi connectivity index (χ0) is 15.9. The van der Waals surface area contributed by atoms with Gasteiger partial charge in [-0.1, -0.05) is 13.8 Å². The largest absolute Gasteiger partial charge is 0.368 e. The minimum Gasteiger partial charge on any atom is -0.368 e. The molecule has 0 aromatic heterocycles. The van der Waals surface area contributed by atoms with Gasteiger partial charge in [0.05, 0.1) is 5.60 Å². The molecule has 4 aliphatic rings. The molecule has 4 fully saturated rings. The molecule has 0 aromatic carbocycles. The Morgan fingerprint density at radius 3 is 2.50 bits per heavy atom. The molecule has 0 bridgehead atoms. The Kier molecular flexibility index (Phi) is 3.12. The van der Waals surface area contributed by atoms with Crippen molar-refractivity contribution in [3.8, 4) is 0 Å². The molecule has 7 unspecified atom stereocenters. The molecule has 4 aliphatic carbocycles. The number of rotatable bonds is 7. The first-order chi connectivity index (χ1) is 10.2. The summed E-state index contributed by atoms with van der Waals surface area (Å²) in [5.74, 6) is 2.71. The molecule has 4 nitrogen and oxygen atoms in total. The van der Waals surface area contributed by atoms with Crippen LogP contribution in [0.15, 0.2) is 0 Å². The molecule has 4 heteroatoms. The van der Waals surface area contributed by atoms with Crippen LogP contribution >= 0.6 is 0 Å². The van der Waals surface area contributed by atoms with Gasteiger partial charge in [0.25, 0.3) is 0 Å². The monoisotopic (exact) mass is 310 g/mol. The predicted octanol–water partition coefficient (Wildman–Crippen LogP) is 2.53. The quantitative estimate of drug-likeness (QED) is 0.710. The van der Waals surface area contributed by atoms with Gasteiger partial charge in [0, 0.05) is 11.3 Å². The van der Waals surface area contributed by atoms with Crippen LogP contribution in [0.25, 0.3) is 0 Å². The zero-order valence-corrected chi connectivity index (χ0v) is 14.2. The number of hydrogen-bond acceptors (Lipinski definition) is 4. The molecule has 0 radical (unpaired) electrons. The third-order valence-corrected chi connectivity index (χ3v) is 7.45. The van der Waals surface area contributed by atoms with E-state index in [1.807, 2.05) is 13.8 Å². The van der Waals surface area contributed by atoms with Crippen molar-refractivity contribution in [2.45, 2.75) is 71.6 Å². The maximum atomic E-state index is 10.2. The molecular formula is C18H30O4. The first-order valence-electron chi connectivity index (χ1n) is 8.87. The van der Waals surface area contributed by atoms with Gasteiger partial charge in [0.15, 0.2) is 12.6 Å². The smallest absolute Gasteiger partial charge is 0.178 e. The van der Waals surface area contributed by atoms with E-state index < -0.39 is 12.6 Å². The van der Waals surface area contributed by atoms with Gasteiger partial charge in [0.2, 0.25) is 0 Å². The Balaban J connectivity index is 1.36. The van der Waals surface area contributed by atoms with E-state index in [-0.39, 0.29) is 23.5 Å². The van der Waals surface area contributed by atoms with Crippen molar-refractivity contribution in [3.63, 3.8) is 0 Å². The predicted molar refractivity (Wildman–Crippen MR) is 81.8 cm³/mol. The lowest BCUT2D eigenvalue weighted by molar-refractivity contribution is -0.302. The van der Waals surface area contributed by atoms with Crippen molar-refractivity contribution in [2.75, 3.05) is 6.61 Å². The van der Waals surface area contributed by atoms with Crippen molar-refractivity contribution in [1.29, 1.82) is 0 Å². The van der Waals surface area contributed by atoms with E-state index in [9.17, 15) is 10.2 Å². The molecule has 0 aromatic rings. The second kappa shape index (κ2) is 4.47. The number of aliphatic hydroxyl groups excluding tert-OH is 2. The van der Waals surface area contributed by atoms with Gasteiger partial charge in [-0.05, 0) is 62.7 Å². The molecule has 126 valence electrons. The Labute approximate surface area is 133 Å². The van der Waals surface area contributed by atoms with Crippen molar-refractivity contribution >= 4 is 0 Å². The van der Waals surface area contributed by atoms with Crippen LogP contribution in [-0.2, 0) is 9.47 Å². The average molecular weight is 310 g/mol. The summed E-state index contributed by atoms with van der Waals surface area (Å²) in [6, 6.07) is 0. The van der Waals surface area contributed by atoms with Crippen LogP contribution < -0.4 is 0 Å². The van der Waals surface area contributed by atoms with Gasteiger partial charge in [-0.25, -0.2) is 0 Å². The van der Waals surface area contributed by atoms with Gasteiger partial charge in [-0.3, -0.25) is 0 Å². The van der Waals surface area contributed by atoms with E-state index in [2.05, 4.69) is 13.8 Å². The molecule has 0 aliphatic heterocycles. The van der Waals surface area contributed by atoms with Gasteiger partial charge in [-0.2, -0.15) is 0 Å². The molecule has 4 rings (SSSR count). The lowest BCUT2D eigenvalue weighted by Crippen LogP contribution is -2.66. The highest BCUT2D eigenvalue weighted by Gasteiger charge is 2.86. The third-order valence-electron chi connectivity index (χ3n) is 7.45. The van der Waals surface area contributed by atoms with E-state index in [1.165, 1.54) is 25.7 Å². The summed E-state index contributed by atoms with van der Waals surface area (Å²) in [6.45, 7) is 8.08. The van der Waals surface area contributed by atoms with Gasteiger partial charge < -0.3 is 19.7 Å². The van der Waals surface area contributed by atoms with Crippen LogP contribution in [-0.4, -0.2) is 35.0 Å². The average Bonchev–Trinajstić information content (AvgIpc) is 3.04. The van der Waals surface area contributed by atoms with Crippen LogP contribution in [0.3, 0.4) is 0 Å². The van der Waals surface area contributed by atoms with Crippen LogP contribution in [0.4, 0.5) is 0 Å². The summed E-state index contributed by atoms with van der Waals surface area (Å²) in [5, 5.41) is 19.9. The Hall–Kier alpha value is -0.160. The fourth-order valence-corrected chi connectivity index (χ4v) is 6.35. The minimum absolute atomic E-state index is 0.0166. The molecule has 0 heterocycles. The Morgan fingerprint density at radius 2 is 1.86 bits per heavy atom. The highest BCUT2D eigenvalue weighted by atomic mass is 16.7. The summed E-state index contributed by atoms with van der Waals surface area (Å²) < 4.78 is 11.3. The highest BCUT2D eigenvalue weighted by Crippen LogP contribution is 2.91. The lowest BCUT2D eigenvalue weighted by Gasteiger charge is -2.68. The van der Waals surface area contributed by atoms with Gasteiger partial charge in [-0.15, -0.1) is 0 Å². The van der Waals surface area contributed by atoms with E-state index in [0.717, 1.165) is 17.8 Å². The molecule has 7 atom stereocenters. The Bertz CT molecular complexity index is 476. The number of ether oxygens (including phenoxy) is 2. The maximum Gasteiger partial charge on any atom is 0.178 e. The van der Waals surface area contributed by atoms with Crippen molar-refractivity contribution < 1.29 is 19.7 Å². The van der Waals surface area contributed by atoms with Crippen LogP contribution in [0.2, 0.25) is 0 Å². The molecule has 22 heavy (non-hydrogen) atoms. The fourth-order valence-electron chi connectivity index (χ4n) is 6.35. The third kappa shape index (κ3) is 1.78. The molecular weight excluding hydrogens is 280 g/mol. The second-order valence-electron chi connectivity index (χ2n) is 9.19. The van der Waals surface area contributed by atoms with E-state index in [1.54, 1.807) is 0 Å². The highest BCUT2D eigenvalue weighted by molar-refractivity contribution is 5.34. The van der Waals surface area contributed by atoms with Gasteiger partial charge >= 0.3 is 0 Å². The molecule has 1 spiro atoms.